The second-order valence-electron chi connectivity index (χ2n) is 2.84. The standard InChI is InChI=1S/C10H12O5/c1-14-7-2-4-8(5-3-7)15-6-9(11)10(12)13/h2-5,9,11H,6H2,1H3,(H,12,13). The minimum Gasteiger partial charge on any atom is -0.497 e. The highest BCUT2D eigenvalue weighted by Gasteiger charge is 2.13. The van der Waals surface area contributed by atoms with Crippen LogP contribution in [0.5, 0.6) is 11.5 Å². The molecule has 1 unspecified atom stereocenters. The van der Waals surface area contributed by atoms with Crippen LogP contribution in [0.15, 0.2) is 24.3 Å². The summed E-state index contributed by atoms with van der Waals surface area (Å²) in [4.78, 5) is 10.3. The molecule has 0 bridgehead atoms. The Morgan fingerprint density at radius 2 is 1.87 bits per heavy atom. The van der Waals surface area contributed by atoms with E-state index in [9.17, 15) is 4.79 Å². The normalized spacial score (nSPS) is 11.9. The molecule has 0 aromatic heterocycles. The molecule has 0 saturated heterocycles. The molecule has 0 aliphatic carbocycles. The molecule has 0 spiro atoms. The van der Waals surface area contributed by atoms with Gasteiger partial charge in [0.25, 0.3) is 0 Å². The highest BCUT2D eigenvalue weighted by molar-refractivity contribution is 5.72. The van der Waals surface area contributed by atoms with E-state index in [1.165, 1.54) is 0 Å². The van der Waals surface area contributed by atoms with Gasteiger partial charge in [0, 0.05) is 0 Å². The summed E-state index contributed by atoms with van der Waals surface area (Å²) in [5, 5.41) is 17.3. The Morgan fingerprint density at radius 3 is 2.33 bits per heavy atom. The van der Waals surface area contributed by atoms with E-state index in [4.69, 9.17) is 19.7 Å². The zero-order valence-electron chi connectivity index (χ0n) is 8.21. The fourth-order valence-electron chi connectivity index (χ4n) is 0.918. The molecule has 82 valence electrons. The molecule has 5 nitrogen and oxygen atoms in total. The topological polar surface area (TPSA) is 76.0 Å². The van der Waals surface area contributed by atoms with Crippen LogP contribution in [0, 0.1) is 0 Å². The molecule has 0 radical (unpaired) electrons. The Kier molecular flexibility index (Phi) is 3.93. The van der Waals surface area contributed by atoms with Gasteiger partial charge in [-0.05, 0) is 24.3 Å². The Morgan fingerprint density at radius 1 is 1.33 bits per heavy atom. The van der Waals surface area contributed by atoms with E-state index in [0.29, 0.717) is 11.5 Å². The molecule has 1 atom stereocenters. The lowest BCUT2D eigenvalue weighted by Crippen LogP contribution is -2.26. The highest BCUT2D eigenvalue weighted by atomic mass is 16.5. The van der Waals surface area contributed by atoms with Gasteiger partial charge in [-0.2, -0.15) is 0 Å². The predicted molar refractivity (Wildman–Crippen MR) is 52.1 cm³/mol. The molecule has 0 saturated carbocycles. The van der Waals surface area contributed by atoms with Crippen molar-refractivity contribution in [1.82, 2.24) is 0 Å². The van der Waals surface area contributed by atoms with Crippen molar-refractivity contribution in [3.8, 4) is 11.5 Å². The maximum atomic E-state index is 10.3. The van der Waals surface area contributed by atoms with Gasteiger partial charge < -0.3 is 19.7 Å². The Balaban J connectivity index is 2.47. The van der Waals surface area contributed by atoms with Gasteiger partial charge >= 0.3 is 5.97 Å². The number of carboxylic acid groups (broad SMARTS) is 1. The zero-order chi connectivity index (χ0) is 11.3. The maximum absolute atomic E-state index is 10.3. The largest absolute Gasteiger partial charge is 0.497 e. The van der Waals surface area contributed by atoms with E-state index >= 15 is 0 Å². The number of benzene rings is 1. The zero-order valence-corrected chi connectivity index (χ0v) is 8.21. The SMILES string of the molecule is COc1ccc(OCC(O)C(=O)O)cc1. The van der Waals surface area contributed by atoms with Crippen molar-refractivity contribution in [2.24, 2.45) is 0 Å². The van der Waals surface area contributed by atoms with E-state index < -0.39 is 12.1 Å². The van der Waals surface area contributed by atoms with Crippen molar-refractivity contribution in [1.29, 1.82) is 0 Å². The first kappa shape index (κ1) is 11.3. The summed E-state index contributed by atoms with van der Waals surface area (Å²) >= 11 is 0. The van der Waals surface area contributed by atoms with Crippen molar-refractivity contribution >= 4 is 5.97 Å². The quantitative estimate of drug-likeness (QED) is 0.744. The van der Waals surface area contributed by atoms with E-state index in [2.05, 4.69) is 0 Å². The van der Waals surface area contributed by atoms with Gasteiger partial charge in [0.2, 0.25) is 0 Å². The third-order valence-electron chi connectivity index (χ3n) is 1.75. The number of aliphatic hydroxyl groups is 1. The highest BCUT2D eigenvalue weighted by Crippen LogP contribution is 2.16. The summed E-state index contributed by atoms with van der Waals surface area (Å²) in [5.74, 6) is -0.138. The third-order valence-corrected chi connectivity index (χ3v) is 1.75. The molecule has 2 N–H and O–H groups in total. The van der Waals surface area contributed by atoms with E-state index in [-0.39, 0.29) is 6.61 Å². The number of rotatable bonds is 5. The summed E-state index contributed by atoms with van der Waals surface area (Å²) in [7, 11) is 1.55. The molecule has 0 amide bonds. The molecule has 0 fully saturated rings. The summed E-state index contributed by atoms with van der Waals surface area (Å²) in [5.41, 5.74) is 0. The first-order valence-electron chi connectivity index (χ1n) is 4.31. The van der Waals surface area contributed by atoms with Crippen LogP contribution < -0.4 is 9.47 Å². The van der Waals surface area contributed by atoms with Crippen molar-refractivity contribution in [3.05, 3.63) is 24.3 Å². The van der Waals surface area contributed by atoms with Crippen LogP contribution in [0.4, 0.5) is 0 Å². The smallest absolute Gasteiger partial charge is 0.336 e. The lowest BCUT2D eigenvalue weighted by atomic mass is 10.3. The van der Waals surface area contributed by atoms with Gasteiger partial charge in [0.05, 0.1) is 7.11 Å². The van der Waals surface area contributed by atoms with Crippen LogP contribution in [0.1, 0.15) is 0 Å². The van der Waals surface area contributed by atoms with Crippen molar-refractivity contribution < 1.29 is 24.5 Å². The maximum Gasteiger partial charge on any atom is 0.336 e. The van der Waals surface area contributed by atoms with Crippen molar-refractivity contribution in [3.63, 3.8) is 0 Å². The van der Waals surface area contributed by atoms with Gasteiger partial charge in [0.1, 0.15) is 18.1 Å². The van der Waals surface area contributed by atoms with E-state index in [1.54, 1.807) is 31.4 Å². The second-order valence-corrected chi connectivity index (χ2v) is 2.84. The monoisotopic (exact) mass is 212 g/mol. The van der Waals surface area contributed by atoms with Crippen LogP contribution in [-0.4, -0.2) is 36.0 Å². The lowest BCUT2D eigenvalue weighted by Gasteiger charge is -2.08. The van der Waals surface area contributed by atoms with Gasteiger partial charge in [-0.1, -0.05) is 0 Å². The number of aliphatic carboxylic acids is 1. The summed E-state index contributed by atoms with van der Waals surface area (Å²) in [6, 6.07) is 6.63. The fraction of sp³-hybridized carbons (Fsp3) is 0.300. The predicted octanol–water partition coefficient (Wildman–Crippen LogP) is 0.520. The Bertz CT molecular complexity index is 319. The number of aliphatic hydroxyl groups excluding tert-OH is 1. The number of methoxy groups -OCH3 is 1. The molecule has 1 aromatic rings. The van der Waals surface area contributed by atoms with E-state index in [0.717, 1.165) is 0 Å². The average molecular weight is 212 g/mol. The van der Waals surface area contributed by atoms with Crippen LogP contribution in [0.25, 0.3) is 0 Å². The second kappa shape index (κ2) is 5.21. The molecule has 5 heteroatoms. The summed E-state index contributed by atoms with van der Waals surface area (Å²) < 4.78 is 9.98. The molecular weight excluding hydrogens is 200 g/mol. The molecule has 0 heterocycles. The van der Waals surface area contributed by atoms with Gasteiger partial charge in [-0.3, -0.25) is 0 Å². The number of carboxylic acids is 1. The van der Waals surface area contributed by atoms with Crippen LogP contribution in [-0.2, 0) is 4.79 Å². The molecule has 1 rings (SSSR count). The van der Waals surface area contributed by atoms with E-state index in [1.807, 2.05) is 0 Å². The minimum absolute atomic E-state index is 0.276. The van der Waals surface area contributed by atoms with Crippen LogP contribution in [0.3, 0.4) is 0 Å². The van der Waals surface area contributed by atoms with Gasteiger partial charge in [-0.25, -0.2) is 4.79 Å². The van der Waals surface area contributed by atoms with Gasteiger partial charge in [0.15, 0.2) is 6.10 Å². The average Bonchev–Trinajstić information content (AvgIpc) is 2.26. The lowest BCUT2D eigenvalue weighted by molar-refractivity contribution is -0.148. The molecule has 0 aliphatic rings. The van der Waals surface area contributed by atoms with Crippen LogP contribution in [0.2, 0.25) is 0 Å². The molecule has 1 aromatic carbocycles. The van der Waals surface area contributed by atoms with Crippen molar-refractivity contribution in [2.45, 2.75) is 6.10 Å². The number of carbonyl (C=O) groups is 1. The Labute approximate surface area is 86.9 Å². The van der Waals surface area contributed by atoms with Crippen LogP contribution >= 0.6 is 0 Å². The summed E-state index contributed by atoms with van der Waals surface area (Å²) in [6.07, 6.45) is -1.51. The minimum atomic E-state index is -1.51. The Hall–Kier alpha value is -1.75. The number of ether oxygens (including phenoxy) is 2. The molecule has 0 aliphatic heterocycles. The summed E-state index contributed by atoms with van der Waals surface area (Å²) in [6.45, 7) is -0.276. The van der Waals surface area contributed by atoms with Gasteiger partial charge in [-0.15, -0.1) is 0 Å². The first-order chi connectivity index (χ1) is 7.13. The molecule has 15 heavy (non-hydrogen) atoms. The van der Waals surface area contributed by atoms with Crippen molar-refractivity contribution in [2.75, 3.05) is 13.7 Å². The number of hydrogen-bond donors (Lipinski definition) is 2. The first-order valence-corrected chi connectivity index (χ1v) is 4.31. The third kappa shape index (κ3) is 3.47. The molecular formula is C10H12O5. The fourth-order valence-corrected chi connectivity index (χ4v) is 0.918. The number of hydrogen-bond acceptors (Lipinski definition) is 4.